The monoisotopic (exact) mass is 496 g/mol. The molecule has 0 saturated heterocycles. The van der Waals surface area contributed by atoms with Crippen LogP contribution in [0.4, 0.5) is 0 Å². The minimum atomic E-state index is -0.917. The smallest absolute Gasteiger partial charge is 0.243 e. The molecule has 2 rings (SSSR count). The third-order valence-corrected chi connectivity index (χ3v) is 5.62. The average Bonchev–Trinajstić information content (AvgIpc) is 2.83. The largest absolute Gasteiger partial charge is 0.508 e. The van der Waals surface area contributed by atoms with Gasteiger partial charge in [-0.05, 0) is 42.5 Å². The van der Waals surface area contributed by atoms with Crippen LogP contribution < -0.4 is 21.3 Å². The first-order chi connectivity index (χ1) is 17.1. The van der Waals surface area contributed by atoms with E-state index in [1.54, 1.807) is 32.9 Å². The summed E-state index contributed by atoms with van der Waals surface area (Å²) in [7, 11) is 0. The van der Waals surface area contributed by atoms with Crippen molar-refractivity contribution in [3.63, 3.8) is 0 Å². The van der Waals surface area contributed by atoms with Crippen molar-refractivity contribution in [3.05, 3.63) is 65.7 Å². The molecule has 5 N–H and O–H groups in total. The molecule has 3 atom stereocenters. The summed E-state index contributed by atoms with van der Waals surface area (Å²) in [5.41, 5.74) is 1.83. The van der Waals surface area contributed by atoms with Crippen LogP contribution in [0.2, 0.25) is 0 Å². The first-order valence-corrected chi connectivity index (χ1v) is 12.0. The van der Waals surface area contributed by atoms with Crippen molar-refractivity contribution in [2.45, 2.75) is 58.7 Å². The fourth-order valence-electron chi connectivity index (χ4n) is 3.61. The van der Waals surface area contributed by atoms with Gasteiger partial charge in [0.25, 0.3) is 0 Å². The molecule has 36 heavy (non-hydrogen) atoms. The van der Waals surface area contributed by atoms with E-state index in [0.717, 1.165) is 11.1 Å². The molecule has 0 radical (unpaired) electrons. The summed E-state index contributed by atoms with van der Waals surface area (Å²) in [6.45, 7) is 6.88. The Kier molecular flexibility index (Phi) is 10.9. The molecule has 4 amide bonds. The van der Waals surface area contributed by atoms with Crippen molar-refractivity contribution in [2.24, 2.45) is 5.92 Å². The fraction of sp³-hybridized carbons (Fsp3) is 0.407. The number of amides is 4. The molecule has 2 aromatic rings. The molecule has 0 heterocycles. The Balaban J connectivity index is 1.96. The van der Waals surface area contributed by atoms with Gasteiger partial charge in [0.05, 0.1) is 0 Å². The molecule has 194 valence electrons. The molecule has 2 aromatic carbocycles. The molecular formula is C27H36N4O5. The van der Waals surface area contributed by atoms with Gasteiger partial charge in [0.1, 0.15) is 23.9 Å². The third kappa shape index (κ3) is 9.40. The molecule has 0 aromatic heterocycles. The van der Waals surface area contributed by atoms with Crippen LogP contribution >= 0.6 is 0 Å². The van der Waals surface area contributed by atoms with E-state index < -0.39 is 29.9 Å². The molecule has 9 nitrogen and oxygen atoms in total. The SMILES string of the molecule is CC(=O)N[C@@H](Cc1ccc(O)cc1)C(=O)N[C@H](C(=O)N[C@@H](C)C(=O)NCCc1ccccc1)C(C)C. The number of phenols is 1. The van der Waals surface area contributed by atoms with Gasteiger partial charge in [-0.3, -0.25) is 19.2 Å². The summed E-state index contributed by atoms with van der Waals surface area (Å²) >= 11 is 0. The highest BCUT2D eigenvalue weighted by Crippen LogP contribution is 2.12. The number of aromatic hydroxyl groups is 1. The van der Waals surface area contributed by atoms with Gasteiger partial charge in [0.15, 0.2) is 0 Å². The summed E-state index contributed by atoms with van der Waals surface area (Å²) in [6.07, 6.45) is 0.849. The number of carbonyl (C=O) groups excluding carboxylic acids is 4. The lowest BCUT2D eigenvalue weighted by Crippen LogP contribution is -2.58. The van der Waals surface area contributed by atoms with E-state index >= 15 is 0 Å². The van der Waals surface area contributed by atoms with Crippen LogP contribution in [0.25, 0.3) is 0 Å². The summed E-state index contributed by atoms with van der Waals surface area (Å²) < 4.78 is 0. The molecule has 0 fully saturated rings. The molecule has 9 heteroatoms. The maximum Gasteiger partial charge on any atom is 0.243 e. The van der Waals surface area contributed by atoms with Crippen molar-refractivity contribution >= 4 is 23.6 Å². The van der Waals surface area contributed by atoms with Gasteiger partial charge in [-0.2, -0.15) is 0 Å². The number of phenolic OH excluding ortho intramolecular Hbond substituents is 1. The maximum atomic E-state index is 13.0. The van der Waals surface area contributed by atoms with Gasteiger partial charge < -0.3 is 26.4 Å². The van der Waals surface area contributed by atoms with Gasteiger partial charge in [-0.1, -0.05) is 56.3 Å². The number of benzene rings is 2. The quantitative estimate of drug-likeness (QED) is 0.303. The number of rotatable bonds is 12. The lowest BCUT2D eigenvalue weighted by atomic mass is 10.0. The highest BCUT2D eigenvalue weighted by atomic mass is 16.3. The summed E-state index contributed by atoms with van der Waals surface area (Å²) in [5.74, 6) is -1.90. The first-order valence-electron chi connectivity index (χ1n) is 12.0. The topological polar surface area (TPSA) is 137 Å². The van der Waals surface area contributed by atoms with Crippen molar-refractivity contribution in [3.8, 4) is 5.75 Å². The Morgan fingerprint density at radius 2 is 1.42 bits per heavy atom. The van der Waals surface area contributed by atoms with Gasteiger partial charge in [0, 0.05) is 19.9 Å². The van der Waals surface area contributed by atoms with Crippen LogP contribution in [0.1, 0.15) is 38.8 Å². The van der Waals surface area contributed by atoms with Gasteiger partial charge in [-0.25, -0.2) is 0 Å². The molecular weight excluding hydrogens is 460 g/mol. The van der Waals surface area contributed by atoms with Crippen LogP contribution in [-0.2, 0) is 32.0 Å². The minimum absolute atomic E-state index is 0.0917. The molecule has 0 spiro atoms. The van der Waals surface area contributed by atoms with Gasteiger partial charge in [0.2, 0.25) is 23.6 Å². The standard InChI is InChI=1S/C27H36N4O5/c1-17(2)24(27(36)29-18(3)25(34)28-15-14-20-8-6-5-7-9-20)31-26(35)23(30-19(4)32)16-21-10-12-22(33)13-11-21/h5-13,17-18,23-24,33H,14-16H2,1-4H3,(H,28,34)(H,29,36)(H,30,32)(H,31,35)/t18-,23-,24-/m0/s1. The van der Waals surface area contributed by atoms with Gasteiger partial charge in [-0.15, -0.1) is 0 Å². The molecule has 0 unspecified atom stereocenters. The zero-order valence-electron chi connectivity index (χ0n) is 21.2. The number of nitrogens with one attached hydrogen (secondary N) is 4. The summed E-state index contributed by atoms with van der Waals surface area (Å²) in [4.78, 5) is 50.1. The van der Waals surface area contributed by atoms with Crippen LogP contribution in [0, 0.1) is 5.92 Å². The Bertz CT molecular complexity index is 1020. The molecule has 0 aliphatic carbocycles. The average molecular weight is 497 g/mol. The predicted molar refractivity (Wildman–Crippen MR) is 137 cm³/mol. The Morgan fingerprint density at radius 3 is 2.00 bits per heavy atom. The Hall–Kier alpha value is -3.88. The zero-order valence-corrected chi connectivity index (χ0v) is 21.2. The zero-order chi connectivity index (χ0) is 26.7. The first kappa shape index (κ1) is 28.4. The molecule has 0 aliphatic heterocycles. The Morgan fingerprint density at radius 1 is 0.778 bits per heavy atom. The minimum Gasteiger partial charge on any atom is -0.508 e. The van der Waals surface area contributed by atoms with Crippen LogP contribution in [0.3, 0.4) is 0 Å². The summed E-state index contributed by atoms with van der Waals surface area (Å²) in [6, 6.07) is 13.4. The van der Waals surface area contributed by atoms with Crippen LogP contribution in [-0.4, -0.2) is 53.4 Å². The molecule has 0 aliphatic rings. The predicted octanol–water partition coefficient (Wildman–Crippen LogP) is 1.44. The fourth-order valence-corrected chi connectivity index (χ4v) is 3.61. The van der Waals surface area contributed by atoms with E-state index in [0.29, 0.717) is 13.0 Å². The van der Waals surface area contributed by atoms with Crippen LogP contribution in [0.5, 0.6) is 5.75 Å². The Labute approximate surface area is 212 Å². The van der Waals surface area contributed by atoms with E-state index in [1.807, 2.05) is 30.3 Å². The highest BCUT2D eigenvalue weighted by Gasteiger charge is 2.30. The lowest BCUT2D eigenvalue weighted by molar-refractivity contribution is -0.134. The maximum absolute atomic E-state index is 13.0. The van der Waals surface area contributed by atoms with Crippen molar-refractivity contribution in [2.75, 3.05) is 6.54 Å². The molecule has 0 bridgehead atoms. The van der Waals surface area contributed by atoms with E-state index in [4.69, 9.17) is 0 Å². The second-order valence-electron chi connectivity index (χ2n) is 9.11. The second kappa shape index (κ2) is 13.9. The van der Waals surface area contributed by atoms with E-state index in [2.05, 4.69) is 21.3 Å². The summed E-state index contributed by atoms with van der Waals surface area (Å²) in [5, 5.41) is 20.3. The van der Waals surface area contributed by atoms with Crippen molar-refractivity contribution < 1.29 is 24.3 Å². The van der Waals surface area contributed by atoms with Crippen molar-refractivity contribution in [1.82, 2.24) is 21.3 Å². The number of hydrogen-bond acceptors (Lipinski definition) is 5. The lowest BCUT2D eigenvalue weighted by Gasteiger charge is -2.26. The van der Waals surface area contributed by atoms with Gasteiger partial charge >= 0.3 is 0 Å². The van der Waals surface area contributed by atoms with Crippen LogP contribution in [0.15, 0.2) is 54.6 Å². The number of hydrogen-bond donors (Lipinski definition) is 5. The van der Waals surface area contributed by atoms with E-state index in [-0.39, 0.29) is 29.9 Å². The van der Waals surface area contributed by atoms with Crippen molar-refractivity contribution in [1.29, 1.82) is 0 Å². The molecule has 0 saturated carbocycles. The normalized spacial score (nSPS) is 13.2. The second-order valence-corrected chi connectivity index (χ2v) is 9.11. The number of carbonyl (C=O) groups is 4. The third-order valence-electron chi connectivity index (χ3n) is 5.62. The van der Waals surface area contributed by atoms with E-state index in [1.165, 1.54) is 19.1 Å². The highest BCUT2D eigenvalue weighted by molar-refractivity contribution is 5.94. The van der Waals surface area contributed by atoms with E-state index in [9.17, 15) is 24.3 Å².